The number of azo groups is 2. The van der Waals surface area contributed by atoms with Crippen LogP contribution in [0.25, 0.3) is 21.8 Å². The predicted molar refractivity (Wildman–Crippen MR) is 168 cm³/mol. The number of carbonyl (C=O) groups excluding carboxylic acids is 2. The van der Waals surface area contributed by atoms with Crippen LogP contribution in [0.1, 0.15) is 31.8 Å². The molecule has 0 atom stereocenters. The molecule has 0 aliphatic rings. The zero-order valence-electron chi connectivity index (χ0n) is 24.1. The Kier molecular flexibility index (Phi) is 10.5. The molecule has 1 radical (unpaired) electrons. The number of pyridine rings is 2. The average Bonchev–Trinajstić information content (AvgIpc) is 3.06. The van der Waals surface area contributed by atoms with E-state index in [4.69, 9.17) is 0 Å². The number of phenolic OH excluding ortho intramolecular Hbond substituents is 2. The monoisotopic (exact) mass is 641 g/mol. The molecule has 0 saturated heterocycles. The van der Waals surface area contributed by atoms with Crippen LogP contribution >= 0.6 is 0 Å². The van der Waals surface area contributed by atoms with Gasteiger partial charge in [-0.15, -0.1) is 10.2 Å². The van der Waals surface area contributed by atoms with E-state index in [9.17, 15) is 19.8 Å². The summed E-state index contributed by atoms with van der Waals surface area (Å²) in [6.45, 7) is 3.99. The van der Waals surface area contributed by atoms with Gasteiger partial charge in [-0.2, -0.15) is 10.2 Å². The Balaban J connectivity index is 0.000000200. The molecule has 0 bridgehead atoms. The zero-order valence-corrected chi connectivity index (χ0v) is 25.2. The summed E-state index contributed by atoms with van der Waals surface area (Å²) < 4.78 is 0. The number of benzene rings is 4. The Morgan fingerprint density at radius 1 is 0.578 bits per heavy atom. The molecule has 45 heavy (non-hydrogen) atoms. The second kappa shape index (κ2) is 14.7. The van der Waals surface area contributed by atoms with Crippen molar-refractivity contribution in [3.8, 4) is 11.5 Å². The molecule has 10 nitrogen and oxygen atoms in total. The number of carbonyl (C=O) groups is 2. The van der Waals surface area contributed by atoms with E-state index in [1.54, 1.807) is 36.7 Å². The van der Waals surface area contributed by atoms with E-state index in [-0.39, 0.29) is 39.4 Å². The van der Waals surface area contributed by atoms with E-state index in [0.717, 1.165) is 11.1 Å². The molecule has 0 fully saturated rings. The van der Waals surface area contributed by atoms with Gasteiger partial charge < -0.3 is 10.2 Å². The maximum absolute atomic E-state index is 11.1. The van der Waals surface area contributed by atoms with Crippen LogP contribution in [-0.4, -0.2) is 32.8 Å². The van der Waals surface area contributed by atoms with Crippen molar-refractivity contribution < 1.29 is 36.6 Å². The normalized spacial score (nSPS) is 10.9. The number of hydrogen-bond donors (Lipinski definition) is 2. The molecule has 2 heterocycles. The van der Waals surface area contributed by atoms with Crippen molar-refractivity contribution in [1.82, 2.24) is 9.97 Å². The van der Waals surface area contributed by atoms with Gasteiger partial charge in [0.05, 0.1) is 33.9 Å². The number of aryl methyl sites for hydroxylation is 2. The summed E-state index contributed by atoms with van der Waals surface area (Å²) in [6, 6.07) is 25.3. The molecule has 0 amide bonds. The molecule has 2 aromatic heterocycles. The number of hydrogen-bond acceptors (Lipinski definition) is 10. The van der Waals surface area contributed by atoms with Gasteiger partial charge in [0, 0.05) is 39.9 Å². The summed E-state index contributed by atoms with van der Waals surface area (Å²) in [5.41, 5.74) is 5.64. The largest absolute Gasteiger partial charge is 0.505 e. The third-order valence-corrected chi connectivity index (χ3v) is 6.62. The molecule has 6 rings (SSSR count). The molecule has 11 heteroatoms. The molecule has 0 spiro atoms. The molecule has 6 aromatic rings. The first-order chi connectivity index (χ1) is 21.4. The van der Waals surface area contributed by atoms with Crippen molar-refractivity contribution >= 4 is 57.1 Å². The van der Waals surface area contributed by atoms with Crippen LogP contribution in [0.5, 0.6) is 11.5 Å². The number of phenols is 2. The van der Waals surface area contributed by atoms with Crippen molar-refractivity contribution in [1.29, 1.82) is 0 Å². The first-order valence-electron chi connectivity index (χ1n) is 13.5. The van der Waals surface area contributed by atoms with Gasteiger partial charge in [0.1, 0.15) is 11.0 Å². The summed E-state index contributed by atoms with van der Waals surface area (Å²) in [7, 11) is 0. The second-order valence-corrected chi connectivity index (χ2v) is 9.77. The summed E-state index contributed by atoms with van der Waals surface area (Å²) in [6.07, 6.45) is 4.26. The predicted octanol–water partition coefficient (Wildman–Crippen LogP) is 8.95. The van der Waals surface area contributed by atoms with E-state index in [2.05, 4.69) is 30.4 Å². The maximum Gasteiger partial charge on any atom is 0.153 e. The molecule has 0 aliphatic carbocycles. The molecule has 2 N–H and O–H groups in total. The fraction of sp³-hybridized carbons (Fsp3) is 0.0588. The van der Waals surface area contributed by atoms with Crippen molar-refractivity contribution in [2.24, 2.45) is 20.5 Å². The standard InChI is InChI=1S/2C17H13N3O2.Co/c2*1-11-4-6-13(7-5-11)19-20-15-9-12(10-21)17(22)16-14(15)3-2-8-18-16;/h2*2-10,22H,1H3;. The van der Waals surface area contributed by atoms with E-state index in [1.807, 2.05) is 62.4 Å². The van der Waals surface area contributed by atoms with Crippen LogP contribution in [-0.2, 0) is 16.8 Å². The van der Waals surface area contributed by atoms with Gasteiger partial charge in [-0.3, -0.25) is 19.6 Å². The quantitative estimate of drug-likeness (QED) is 0.137. The number of rotatable bonds is 6. The van der Waals surface area contributed by atoms with Crippen molar-refractivity contribution in [2.75, 3.05) is 0 Å². The van der Waals surface area contributed by atoms with Gasteiger partial charge in [0.25, 0.3) is 0 Å². The van der Waals surface area contributed by atoms with Gasteiger partial charge in [-0.05, 0) is 74.5 Å². The molecular formula is C34H26CoN6O4. The second-order valence-electron chi connectivity index (χ2n) is 9.77. The van der Waals surface area contributed by atoms with Gasteiger partial charge in [0.2, 0.25) is 0 Å². The summed E-state index contributed by atoms with van der Waals surface area (Å²) in [4.78, 5) is 30.4. The molecule has 225 valence electrons. The van der Waals surface area contributed by atoms with E-state index < -0.39 is 0 Å². The Hall–Kier alpha value is -5.65. The van der Waals surface area contributed by atoms with E-state index in [0.29, 0.717) is 57.1 Å². The number of aldehydes is 2. The first-order valence-corrected chi connectivity index (χ1v) is 13.5. The molecule has 0 unspecified atom stereocenters. The van der Waals surface area contributed by atoms with Crippen LogP contribution < -0.4 is 0 Å². The number of aromatic nitrogens is 2. The average molecular weight is 642 g/mol. The van der Waals surface area contributed by atoms with Gasteiger partial charge in [0.15, 0.2) is 24.1 Å². The molecule has 0 saturated carbocycles. The summed E-state index contributed by atoms with van der Waals surface area (Å²) >= 11 is 0. The summed E-state index contributed by atoms with van der Waals surface area (Å²) in [5.74, 6) is -0.278. The van der Waals surface area contributed by atoms with E-state index >= 15 is 0 Å². The summed E-state index contributed by atoms with van der Waals surface area (Å²) in [5, 5.41) is 38.1. The Morgan fingerprint density at radius 2 is 0.956 bits per heavy atom. The Labute approximate surface area is 268 Å². The minimum absolute atomic E-state index is 0. The molecule has 4 aromatic carbocycles. The van der Waals surface area contributed by atoms with Crippen molar-refractivity contribution in [2.45, 2.75) is 13.8 Å². The minimum Gasteiger partial charge on any atom is -0.505 e. The van der Waals surface area contributed by atoms with Crippen LogP contribution in [0.3, 0.4) is 0 Å². The van der Waals surface area contributed by atoms with Crippen LogP contribution in [0, 0.1) is 13.8 Å². The van der Waals surface area contributed by atoms with Gasteiger partial charge >= 0.3 is 0 Å². The fourth-order valence-corrected chi connectivity index (χ4v) is 4.25. The van der Waals surface area contributed by atoms with Gasteiger partial charge in [-0.25, -0.2) is 0 Å². The molecule has 0 aliphatic heterocycles. The molecular weight excluding hydrogens is 615 g/mol. The van der Waals surface area contributed by atoms with E-state index in [1.165, 1.54) is 12.1 Å². The number of fused-ring (bicyclic) bond motifs is 2. The Morgan fingerprint density at radius 3 is 1.31 bits per heavy atom. The third-order valence-electron chi connectivity index (χ3n) is 6.62. The topological polar surface area (TPSA) is 150 Å². The SMILES string of the molecule is Cc1ccc(N=Nc2cc(C=O)c(O)c3ncccc23)cc1.Cc1ccc(N=Nc2cc(C=O)c(O)c3ncccc23)cc1.[Co]. The van der Waals surface area contributed by atoms with Crippen LogP contribution in [0.2, 0.25) is 0 Å². The number of aromatic hydroxyl groups is 2. The Bertz CT molecular complexity index is 1900. The van der Waals surface area contributed by atoms with Crippen LogP contribution in [0.15, 0.2) is 118 Å². The third kappa shape index (κ3) is 7.47. The van der Waals surface area contributed by atoms with Gasteiger partial charge in [-0.1, -0.05) is 35.4 Å². The van der Waals surface area contributed by atoms with Crippen LogP contribution in [0.4, 0.5) is 22.7 Å². The fourth-order valence-electron chi connectivity index (χ4n) is 4.25. The number of nitrogens with zero attached hydrogens (tertiary/aromatic N) is 6. The van der Waals surface area contributed by atoms with Crippen molar-refractivity contribution in [3.63, 3.8) is 0 Å². The smallest absolute Gasteiger partial charge is 0.153 e. The van der Waals surface area contributed by atoms with Crippen molar-refractivity contribution in [3.05, 3.63) is 120 Å². The minimum atomic E-state index is -0.139. The first kappa shape index (κ1) is 32.3. The maximum atomic E-state index is 11.1. The zero-order chi connectivity index (χ0) is 31.1.